The second-order valence-electron chi connectivity index (χ2n) is 12.4. The molecule has 0 spiro atoms. The Morgan fingerprint density at radius 1 is 0.429 bits per heavy atom. The van der Waals surface area contributed by atoms with Crippen molar-refractivity contribution in [2.75, 3.05) is 26.2 Å². The molecule has 3 N–H and O–H groups in total. The molecule has 0 rings (SSSR count). The average Bonchev–Trinajstić information content (AvgIpc) is 2.94. The molecule has 0 radical (unpaired) electrons. The summed E-state index contributed by atoms with van der Waals surface area (Å²) in [5.41, 5.74) is 0. The summed E-state index contributed by atoms with van der Waals surface area (Å²) in [6.45, 7) is 5.92. The SMILES string of the molecule is CCCCCCCCCCCC/C=C/CCCCCC[N+](CCCCC(=O)O)(CCCCC(=O)O)CCCCC(=O)O. The van der Waals surface area contributed by atoms with Crippen molar-refractivity contribution in [3.05, 3.63) is 12.2 Å². The monoisotopic (exact) mass is 596 g/mol. The Bertz CT molecular complexity index is 638. The second-order valence-corrected chi connectivity index (χ2v) is 12.4. The van der Waals surface area contributed by atoms with E-state index in [1.807, 2.05) is 0 Å². The van der Waals surface area contributed by atoms with E-state index in [2.05, 4.69) is 19.1 Å². The zero-order chi connectivity index (χ0) is 31.2. The molecule has 0 unspecified atom stereocenters. The number of hydrogen-bond donors (Lipinski definition) is 3. The molecule has 0 atom stereocenters. The predicted octanol–water partition coefficient (Wildman–Crippen LogP) is 9.39. The van der Waals surface area contributed by atoms with Gasteiger partial charge in [0.25, 0.3) is 0 Å². The molecule has 0 fully saturated rings. The molecule has 7 nitrogen and oxygen atoms in total. The van der Waals surface area contributed by atoms with E-state index in [0.29, 0.717) is 19.3 Å². The van der Waals surface area contributed by atoms with Gasteiger partial charge in [-0.3, -0.25) is 14.4 Å². The fraction of sp³-hybridized carbons (Fsp3) is 0.857. The van der Waals surface area contributed by atoms with Crippen molar-refractivity contribution in [1.82, 2.24) is 0 Å². The maximum absolute atomic E-state index is 11.0. The fourth-order valence-corrected chi connectivity index (χ4v) is 5.89. The van der Waals surface area contributed by atoms with Crippen LogP contribution in [0.2, 0.25) is 0 Å². The van der Waals surface area contributed by atoms with Crippen LogP contribution in [0.3, 0.4) is 0 Å². The highest BCUT2D eigenvalue weighted by molar-refractivity contribution is 5.67. The Hall–Kier alpha value is -1.89. The number of carboxylic acid groups (broad SMARTS) is 3. The van der Waals surface area contributed by atoms with Crippen LogP contribution in [0.25, 0.3) is 0 Å². The Balaban J connectivity index is 4.38. The molecular formula is C35H66NO6+. The molecule has 0 aromatic carbocycles. The van der Waals surface area contributed by atoms with Crippen molar-refractivity contribution in [3.8, 4) is 0 Å². The molecule has 0 aliphatic heterocycles. The standard InChI is InChI=1S/C35H65NO6/c1-2-3-4-5-6-7-8-9-10-11-12-13-14-15-16-17-18-22-29-36(30-23-19-26-33(37)38,31-24-20-27-34(39)40)32-25-21-28-35(41)42/h13-14H,2-12,15-32H2,1H3,(H2-,37,38,39,40,41,42)/p+1/b14-13+. The molecule has 0 aromatic heterocycles. The highest BCUT2D eigenvalue weighted by atomic mass is 16.4. The van der Waals surface area contributed by atoms with Gasteiger partial charge in [0.05, 0.1) is 26.2 Å². The zero-order valence-electron chi connectivity index (χ0n) is 27.2. The number of unbranched alkanes of at least 4 members (excludes halogenated alkanes) is 17. The maximum atomic E-state index is 11.0. The molecule has 7 heteroatoms. The lowest BCUT2D eigenvalue weighted by Crippen LogP contribution is -2.51. The van der Waals surface area contributed by atoms with E-state index < -0.39 is 17.9 Å². The van der Waals surface area contributed by atoms with E-state index in [9.17, 15) is 14.4 Å². The van der Waals surface area contributed by atoms with Gasteiger partial charge in [0.2, 0.25) is 0 Å². The first-order valence-corrected chi connectivity index (χ1v) is 17.5. The molecule has 0 aliphatic carbocycles. The zero-order valence-corrected chi connectivity index (χ0v) is 27.2. The summed E-state index contributed by atoms with van der Waals surface area (Å²) in [6.07, 6.45) is 30.4. The van der Waals surface area contributed by atoms with Crippen LogP contribution >= 0.6 is 0 Å². The van der Waals surface area contributed by atoms with E-state index in [-0.39, 0.29) is 19.3 Å². The molecule has 0 bridgehead atoms. The van der Waals surface area contributed by atoms with Gasteiger partial charge in [0.15, 0.2) is 0 Å². The van der Waals surface area contributed by atoms with Crippen LogP contribution in [0.4, 0.5) is 0 Å². The third kappa shape index (κ3) is 28.2. The number of rotatable bonds is 33. The number of hydrogen-bond acceptors (Lipinski definition) is 3. The molecular weight excluding hydrogens is 530 g/mol. The molecule has 0 saturated heterocycles. The number of carbonyl (C=O) groups is 3. The number of carboxylic acids is 3. The molecule has 0 heterocycles. The first kappa shape index (κ1) is 40.1. The normalized spacial score (nSPS) is 11.8. The Morgan fingerprint density at radius 2 is 0.714 bits per heavy atom. The lowest BCUT2D eigenvalue weighted by molar-refractivity contribution is -0.929. The van der Waals surface area contributed by atoms with Crippen LogP contribution in [-0.2, 0) is 14.4 Å². The summed E-state index contributed by atoms with van der Waals surface area (Å²) in [6, 6.07) is 0. The van der Waals surface area contributed by atoms with Crippen LogP contribution < -0.4 is 0 Å². The van der Waals surface area contributed by atoms with E-state index in [1.165, 1.54) is 83.5 Å². The molecule has 0 saturated carbocycles. The first-order valence-electron chi connectivity index (χ1n) is 17.5. The van der Waals surface area contributed by atoms with Gasteiger partial charge in [0.1, 0.15) is 0 Å². The van der Waals surface area contributed by atoms with E-state index in [4.69, 9.17) is 15.3 Å². The molecule has 246 valence electrons. The average molecular weight is 597 g/mol. The van der Waals surface area contributed by atoms with E-state index in [0.717, 1.165) is 69.2 Å². The van der Waals surface area contributed by atoms with Crippen molar-refractivity contribution in [1.29, 1.82) is 0 Å². The van der Waals surface area contributed by atoms with Crippen molar-refractivity contribution in [2.45, 2.75) is 167 Å². The lowest BCUT2D eigenvalue weighted by Gasteiger charge is -2.39. The van der Waals surface area contributed by atoms with Gasteiger partial charge >= 0.3 is 17.9 Å². The number of quaternary nitrogens is 1. The third-order valence-corrected chi connectivity index (χ3v) is 8.46. The summed E-state index contributed by atoms with van der Waals surface area (Å²) in [5.74, 6) is -2.31. The molecule has 0 aliphatic rings. The smallest absolute Gasteiger partial charge is 0.303 e. The van der Waals surface area contributed by atoms with Crippen LogP contribution in [-0.4, -0.2) is 63.9 Å². The third-order valence-electron chi connectivity index (χ3n) is 8.46. The van der Waals surface area contributed by atoms with Crippen LogP contribution in [0, 0.1) is 0 Å². The minimum Gasteiger partial charge on any atom is -0.481 e. The summed E-state index contributed by atoms with van der Waals surface area (Å²) in [5, 5.41) is 27.1. The minimum absolute atomic E-state index is 0.171. The van der Waals surface area contributed by atoms with Crippen LogP contribution in [0.15, 0.2) is 12.2 Å². The van der Waals surface area contributed by atoms with Gasteiger partial charge in [0, 0.05) is 19.3 Å². The van der Waals surface area contributed by atoms with Gasteiger partial charge in [-0.05, 0) is 77.0 Å². The highest BCUT2D eigenvalue weighted by Gasteiger charge is 2.26. The second kappa shape index (κ2) is 29.2. The highest BCUT2D eigenvalue weighted by Crippen LogP contribution is 2.19. The number of nitrogens with zero attached hydrogens (tertiary/aromatic N) is 1. The molecule has 42 heavy (non-hydrogen) atoms. The topological polar surface area (TPSA) is 112 Å². The predicted molar refractivity (Wildman–Crippen MR) is 173 cm³/mol. The maximum Gasteiger partial charge on any atom is 0.303 e. The fourth-order valence-electron chi connectivity index (χ4n) is 5.89. The first-order chi connectivity index (χ1) is 20.3. The minimum atomic E-state index is -0.770. The van der Waals surface area contributed by atoms with E-state index >= 15 is 0 Å². The Morgan fingerprint density at radius 3 is 1.05 bits per heavy atom. The largest absolute Gasteiger partial charge is 0.481 e. The Kier molecular flexibility index (Phi) is 27.9. The summed E-state index contributed by atoms with van der Waals surface area (Å²) in [7, 11) is 0. The quantitative estimate of drug-likeness (QED) is 0.0395. The van der Waals surface area contributed by atoms with E-state index in [1.54, 1.807) is 0 Å². The van der Waals surface area contributed by atoms with Crippen molar-refractivity contribution >= 4 is 17.9 Å². The number of aliphatic carboxylic acids is 3. The van der Waals surface area contributed by atoms with Crippen molar-refractivity contribution in [2.24, 2.45) is 0 Å². The molecule has 0 aromatic rings. The summed E-state index contributed by atoms with van der Waals surface area (Å²) in [4.78, 5) is 33.0. The van der Waals surface area contributed by atoms with Gasteiger partial charge in [-0.2, -0.15) is 0 Å². The van der Waals surface area contributed by atoms with Gasteiger partial charge in [-0.15, -0.1) is 0 Å². The summed E-state index contributed by atoms with van der Waals surface area (Å²) >= 11 is 0. The number of allylic oxidation sites excluding steroid dienone is 2. The van der Waals surface area contributed by atoms with Gasteiger partial charge < -0.3 is 19.8 Å². The lowest BCUT2D eigenvalue weighted by atomic mass is 10.1. The van der Waals surface area contributed by atoms with Crippen LogP contribution in [0.1, 0.15) is 167 Å². The van der Waals surface area contributed by atoms with Crippen molar-refractivity contribution < 1.29 is 34.2 Å². The van der Waals surface area contributed by atoms with Gasteiger partial charge in [-0.25, -0.2) is 0 Å². The Labute approximate surface area is 257 Å². The molecule has 0 amide bonds. The van der Waals surface area contributed by atoms with Gasteiger partial charge in [-0.1, -0.05) is 83.3 Å². The summed E-state index contributed by atoms with van der Waals surface area (Å²) < 4.78 is 0.859. The van der Waals surface area contributed by atoms with Crippen molar-refractivity contribution in [3.63, 3.8) is 0 Å². The van der Waals surface area contributed by atoms with Crippen LogP contribution in [0.5, 0.6) is 0 Å².